The van der Waals surface area contributed by atoms with Crippen molar-refractivity contribution in [2.24, 2.45) is 5.92 Å². The minimum atomic E-state index is -0.935. The van der Waals surface area contributed by atoms with Gasteiger partial charge in [0, 0.05) is 31.6 Å². The summed E-state index contributed by atoms with van der Waals surface area (Å²) in [5.74, 6) is -1.35. The van der Waals surface area contributed by atoms with Crippen LogP contribution in [0.3, 0.4) is 0 Å². The van der Waals surface area contributed by atoms with E-state index in [1.165, 1.54) is 30.5 Å². The minimum absolute atomic E-state index is 0.0524. The molecule has 1 heterocycles. The number of aliphatic carboxylic acids is 1. The van der Waals surface area contributed by atoms with E-state index >= 15 is 0 Å². The number of carboxylic acids is 1. The maximum Gasteiger partial charge on any atom is 0.303 e. The molecule has 28 heavy (non-hydrogen) atoms. The third kappa shape index (κ3) is 4.97. The predicted octanol–water partition coefficient (Wildman–Crippen LogP) is 4.51. The number of carboxylic acid groups (broad SMARTS) is 1. The normalized spacial score (nSPS) is 13.8. The van der Waals surface area contributed by atoms with E-state index in [1.807, 2.05) is 0 Å². The van der Waals surface area contributed by atoms with Crippen LogP contribution in [0.4, 0.5) is 14.5 Å². The number of pyridine rings is 1. The average Bonchev–Trinajstić information content (AvgIpc) is 2.59. The summed E-state index contributed by atoms with van der Waals surface area (Å²) in [7, 11) is 1.54. The van der Waals surface area contributed by atoms with Crippen LogP contribution in [0.1, 0.15) is 32.1 Å². The van der Waals surface area contributed by atoms with Crippen molar-refractivity contribution in [1.82, 2.24) is 4.98 Å². The van der Waals surface area contributed by atoms with Gasteiger partial charge in [0.2, 0.25) is 5.88 Å². The Morgan fingerprint density at radius 3 is 2.61 bits per heavy atom. The first-order chi connectivity index (χ1) is 13.4. The zero-order chi connectivity index (χ0) is 20.1. The molecule has 1 N–H and O–H groups in total. The number of hydrogen-bond donors (Lipinski definition) is 1. The lowest BCUT2D eigenvalue weighted by molar-refractivity contribution is -0.137. The lowest BCUT2D eigenvalue weighted by Crippen LogP contribution is -2.22. The van der Waals surface area contributed by atoms with Gasteiger partial charge in [0.15, 0.2) is 0 Å². The van der Waals surface area contributed by atoms with Crippen LogP contribution in [0.2, 0.25) is 0 Å². The van der Waals surface area contributed by atoms with E-state index in [0.29, 0.717) is 36.1 Å². The first kappa shape index (κ1) is 20.0. The highest BCUT2D eigenvalue weighted by atomic mass is 19.1. The van der Waals surface area contributed by atoms with Crippen LogP contribution >= 0.6 is 0 Å². The molecule has 0 amide bonds. The Kier molecular flexibility index (Phi) is 6.44. The van der Waals surface area contributed by atoms with E-state index < -0.39 is 17.6 Å². The maximum atomic E-state index is 14.6. The zero-order valence-corrected chi connectivity index (χ0v) is 15.8. The summed E-state index contributed by atoms with van der Waals surface area (Å²) in [6.45, 7) is 0.849. The topological polar surface area (TPSA) is 62.7 Å². The molecule has 150 valence electrons. The molecule has 0 unspecified atom stereocenters. The van der Waals surface area contributed by atoms with Gasteiger partial charge in [-0.1, -0.05) is 12.5 Å². The Morgan fingerprint density at radius 2 is 2.00 bits per heavy atom. The second-order valence-corrected chi connectivity index (χ2v) is 7.18. The summed E-state index contributed by atoms with van der Waals surface area (Å²) < 4.78 is 34.9. The first-order valence-corrected chi connectivity index (χ1v) is 9.46. The highest BCUT2D eigenvalue weighted by molar-refractivity contribution is 5.67. The summed E-state index contributed by atoms with van der Waals surface area (Å²) in [5, 5.41) is 8.69. The molecule has 0 bridgehead atoms. The van der Waals surface area contributed by atoms with E-state index in [9.17, 15) is 13.6 Å². The molecule has 3 rings (SSSR count). The van der Waals surface area contributed by atoms with Crippen molar-refractivity contribution in [3.63, 3.8) is 0 Å². The number of aromatic nitrogens is 1. The molecule has 0 radical (unpaired) electrons. The molecular formula is C21H24F2N2O3. The van der Waals surface area contributed by atoms with Gasteiger partial charge in [0.1, 0.15) is 17.3 Å². The second kappa shape index (κ2) is 8.99. The number of anilines is 1. The molecule has 0 spiro atoms. The Labute approximate surface area is 163 Å². The van der Waals surface area contributed by atoms with E-state index in [2.05, 4.69) is 4.98 Å². The summed E-state index contributed by atoms with van der Waals surface area (Å²) in [5.41, 5.74) is 0.585. The van der Waals surface area contributed by atoms with Gasteiger partial charge in [-0.25, -0.2) is 13.8 Å². The highest BCUT2D eigenvalue weighted by Crippen LogP contribution is 2.30. The summed E-state index contributed by atoms with van der Waals surface area (Å²) >= 11 is 0. The van der Waals surface area contributed by atoms with Crippen LogP contribution in [0.5, 0.6) is 5.88 Å². The van der Waals surface area contributed by atoms with Gasteiger partial charge >= 0.3 is 5.97 Å². The number of rotatable bonds is 9. The number of carbonyl (C=O) groups is 1. The van der Waals surface area contributed by atoms with Gasteiger partial charge in [-0.2, -0.15) is 0 Å². The van der Waals surface area contributed by atoms with Crippen LogP contribution in [-0.2, 0) is 4.79 Å². The predicted molar refractivity (Wildman–Crippen MR) is 103 cm³/mol. The van der Waals surface area contributed by atoms with Gasteiger partial charge in [-0.15, -0.1) is 0 Å². The highest BCUT2D eigenvalue weighted by Gasteiger charge is 2.19. The van der Waals surface area contributed by atoms with Crippen molar-refractivity contribution in [3.8, 4) is 17.1 Å². The standard InChI is InChI=1S/C21H24F2N2O3/c1-25(10-4-9-20(26)27)21-16(22)11-15(12-17(21)23)18-7-3-8-19(24-18)28-13-14-5-2-6-14/h3,7-8,11-12,14H,2,4-6,9-10,13H2,1H3,(H,26,27). The molecule has 1 fully saturated rings. The van der Waals surface area contributed by atoms with E-state index in [1.54, 1.807) is 18.2 Å². The first-order valence-electron chi connectivity index (χ1n) is 9.46. The van der Waals surface area contributed by atoms with Gasteiger partial charge in [0.25, 0.3) is 0 Å². The second-order valence-electron chi connectivity index (χ2n) is 7.18. The number of hydrogen-bond acceptors (Lipinski definition) is 4. The van der Waals surface area contributed by atoms with Crippen LogP contribution in [0.25, 0.3) is 11.3 Å². The number of ether oxygens (including phenoxy) is 1. The molecule has 0 saturated heterocycles. The van der Waals surface area contributed by atoms with Gasteiger partial charge in [-0.3, -0.25) is 4.79 Å². The summed E-state index contributed by atoms with van der Waals surface area (Å²) in [6, 6.07) is 7.65. The third-order valence-corrected chi connectivity index (χ3v) is 4.99. The lowest BCUT2D eigenvalue weighted by Gasteiger charge is -2.24. The summed E-state index contributed by atoms with van der Waals surface area (Å²) in [4.78, 5) is 16.4. The Hall–Kier alpha value is -2.70. The number of nitrogens with zero attached hydrogens (tertiary/aromatic N) is 2. The molecular weight excluding hydrogens is 366 g/mol. The molecule has 7 heteroatoms. The quantitative estimate of drug-likeness (QED) is 0.683. The van der Waals surface area contributed by atoms with Crippen LogP contribution < -0.4 is 9.64 Å². The molecule has 0 aliphatic heterocycles. The Bertz CT molecular complexity index is 817. The van der Waals surface area contributed by atoms with Crippen molar-refractivity contribution in [3.05, 3.63) is 42.0 Å². The average molecular weight is 390 g/mol. The summed E-state index contributed by atoms with van der Waals surface area (Å²) in [6.07, 6.45) is 3.81. The van der Waals surface area contributed by atoms with Crippen LogP contribution in [-0.4, -0.2) is 36.3 Å². The molecule has 5 nitrogen and oxygen atoms in total. The van der Waals surface area contributed by atoms with Crippen molar-refractivity contribution in [2.75, 3.05) is 25.1 Å². The SMILES string of the molecule is CN(CCCC(=O)O)c1c(F)cc(-c2cccc(OCC3CCC3)n2)cc1F. The molecule has 1 aliphatic carbocycles. The number of benzene rings is 1. The van der Waals surface area contributed by atoms with Gasteiger partial charge in [-0.05, 0) is 43.4 Å². The van der Waals surface area contributed by atoms with Crippen molar-refractivity contribution in [2.45, 2.75) is 32.1 Å². The monoisotopic (exact) mass is 390 g/mol. The Balaban J connectivity index is 1.73. The third-order valence-electron chi connectivity index (χ3n) is 4.99. The zero-order valence-electron chi connectivity index (χ0n) is 15.8. The van der Waals surface area contributed by atoms with Crippen LogP contribution in [0, 0.1) is 17.6 Å². The largest absolute Gasteiger partial charge is 0.481 e. The fraction of sp³-hybridized carbons (Fsp3) is 0.429. The Morgan fingerprint density at radius 1 is 1.29 bits per heavy atom. The van der Waals surface area contributed by atoms with Crippen molar-refractivity contribution in [1.29, 1.82) is 0 Å². The maximum absolute atomic E-state index is 14.6. The minimum Gasteiger partial charge on any atom is -0.481 e. The molecule has 2 aromatic rings. The van der Waals surface area contributed by atoms with Crippen LogP contribution in [0.15, 0.2) is 30.3 Å². The molecule has 1 aliphatic rings. The number of halogens is 2. The van der Waals surface area contributed by atoms with Crippen molar-refractivity contribution >= 4 is 11.7 Å². The molecule has 1 aromatic carbocycles. The van der Waals surface area contributed by atoms with E-state index in [-0.39, 0.29) is 18.7 Å². The van der Waals surface area contributed by atoms with E-state index in [4.69, 9.17) is 9.84 Å². The lowest BCUT2D eigenvalue weighted by atomic mass is 9.86. The molecule has 1 aromatic heterocycles. The fourth-order valence-electron chi connectivity index (χ4n) is 3.18. The van der Waals surface area contributed by atoms with Crippen molar-refractivity contribution < 1.29 is 23.4 Å². The molecule has 0 atom stereocenters. The fourth-order valence-corrected chi connectivity index (χ4v) is 3.18. The van der Waals surface area contributed by atoms with Gasteiger partial charge < -0.3 is 14.7 Å². The smallest absolute Gasteiger partial charge is 0.303 e. The van der Waals surface area contributed by atoms with E-state index in [0.717, 1.165) is 12.8 Å². The van der Waals surface area contributed by atoms with Gasteiger partial charge in [0.05, 0.1) is 12.3 Å². The molecule has 1 saturated carbocycles.